The molecule has 1 aromatic carbocycles. The fourth-order valence-corrected chi connectivity index (χ4v) is 3.30. The minimum Gasteiger partial charge on any atom is -0.341 e. The van der Waals surface area contributed by atoms with Gasteiger partial charge in [0.05, 0.1) is 17.1 Å². The van der Waals surface area contributed by atoms with E-state index in [0.717, 1.165) is 34.0 Å². The molecule has 1 fully saturated rings. The number of aromatic nitrogens is 2. The molecule has 5 nitrogen and oxygen atoms in total. The quantitative estimate of drug-likeness (QED) is 0.769. The van der Waals surface area contributed by atoms with Crippen LogP contribution in [0.3, 0.4) is 0 Å². The lowest BCUT2D eigenvalue weighted by molar-refractivity contribution is 0.102. The molecule has 120 valence electrons. The number of rotatable bonds is 3. The maximum absolute atomic E-state index is 12.4. The second-order valence-electron chi connectivity index (χ2n) is 5.73. The van der Waals surface area contributed by atoms with Gasteiger partial charge in [-0.05, 0) is 67.5 Å². The molecular formula is C17H19IN4O. The van der Waals surface area contributed by atoms with Gasteiger partial charge in [0.2, 0.25) is 5.95 Å². The summed E-state index contributed by atoms with van der Waals surface area (Å²) in [5.74, 6) is 0.636. The number of hydrogen-bond donors (Lipinski definition) is 1. The summed E-state index contributed by atoms with van der Waals surface area (Å²) in [6, 6.07) is 7.51. The number of benzene rings is 1. The number of nitrogens with zero attached hydrogens (tertiary/aromatic N) is 3. The molecule has 1 N–H and O–H groups in total. The molecule has 23 heavy (non-hydrogen) atoms. The normalized spacial score (nSPS) is 14.1. The first-order valence-corrected chi connectivity index (χ1v) is 8.79. The second-order valence-corrected chi connectivity index (χ2v) is 6.97. The van der Waals surface area contributed by atoms with Crippen LogP contribution in [0.1, 0.15) is 34.6 Å². The number of carbonyl (C=O) groups is 1. The Balaban J connectivity index is 1.84. The Labute approximate surface area is 149 Å². The monoisotopic (exact) mass is 422 g/mol. The molecule has 2 aromatic rings. The Bertz CT molecular complexity index is 718. The first kappa shape index (κ1) is 16.2. The van der Waals surface area contributed by atoms with Gasteiger partial charge in [0.25, 0.3) is 5.91 Å². The Morgan fingerprint density at radius 2 is 1.83 bits per heavy atom. The van der Waals surface area contributed by atoms with E-state index < -0.39 is 0 Å². The van der Waals surface area contributed by atoms with Gasteiger partial charge in [0.1, 0.15) is 0 Å². The lowest BCUT2D eigenvalue weighted by Crippen LogP contribution is -2.22. The third-order valence-corrected chi connectivity index (χ3v) is 4.64. The summed E-state index contributed by atoms with van der Waals surface area (Å²) in [4.78, 5) is 23.8. The SMILES string of the molecule is Cc1nc(N2CCCC2)nc(C)c1NC(=O)c1cccc(I)c1. The number of anilines is 2. The Kier molecular flexibility index (Phi) is 4.79. The van der Waals surface area contributed by atoms with Gasteiger partial charge in [-0.2, -0.15) is 0 Å². The molecule has 3 rings (SSSR count). The lowest BCUT2D eigenvalue weighted by atomic mass is 10.2. The van der Waals surface area contributed by atoms with Crippen LogP contribution in [0.4, 0.5) is 11.6 Å². The Morgan fingerprint density at radius 3 is 2.43 bits per heavy atom. The van der Waals surface area contributed by atoms with Crippen molar-refractivity contribution in [1.82, 2.24) is 9.97 Å². The molecule has 0 spiro atoms. The first-order chi connectivity index (χ1) is 11.0. The van der Waals surface area contributed by atoms with Crippen LogP contribution in [0.5, 0.6) is 0 Å². The number of aryl methyl sites for hydroxylation is 2. The largest absolute Gasteiger partial charge is 0.341 e. The van der Waals surface area contributed by atoms with Gasteiger partial charge in [-0.1, -0.05) is 6.07 Å². The minimum atomic E-state index is -0.132. The topological polar surface area (TPSA) is 58.1 Å². The first-order valence-electron chi connectivity index (χ1n) is 7.71. The second kappa shape index (κ2) is 6.82. The number of halogens is 1. The van der Waals surface area contributed by atoms with Crippen LogP contribution in [0.15, 0.2) is 24.3 Å². The summed E-state index contributed by atoms with van der Waals surface area (Å²) in [6.07, 6.45) is 2.37. The van der Waals surface area contributed by atoms with Gasteiger partial charge in [0.15, 0.2) is 0 Å². The Hall–Kier alpha value is -1.70. The molecule has 0 aliphatic carbocycles. The smallest absolute Gasteiger partial charge is 0.255 e. The molecule has 2 heterocycles. The molecule has 0 atom stereocenters. The highest BCUT2D eigenvalue weighted by Crippen LogP contribution is 2.23. The van der Waals surface area contributed by atoms with Crippen LogP contribution >= 0.6 is 22.6 Å². The maximum atomic E-state index is 12.4. The molecule has 0 radical (unpaired) electrons. The van der Waals surface area contributed by atoms with E-state index in [-0.39, 0.29) is 5.91 Å². The van der Waals surface area contributed by atoms with Crippen molar-refractivity contribution >= 4 is 40.1 Å². The van der Waals surface area contributed by atoms with Crippen molar-refractivity contribution in [3.05, 3.63) is 44.8 Å². The van der Waals surface area contributed by atoms with Gasteiger partial charge < -0.3 is 10.2 Å². The Morgan fingerprint density at radius 1 is 1.17 bits per heavy atom. The molecule has 1 amide bonds. The molecule has 6 heteroatoms. The van der Waals surface area contributed by atoms with Crippen LogP contribution in [-0.2, 0) is 0 Å². The summed E-state index contributed by atoms with van der Waals surface area (Å²) < 4.78 is 1.03. The fourth-order valence-electron chi connectivity index (χ4n) is 2.75. The molecule has 1 saturated heterocycles. The standard InChI is InChI=1S/C17H19IN4O/c1-11-15(21-16(23)13-6-5-7-14(18)10-13)12(2)20-17(19-11)22-8-3-4-9-22/h5-7,10H,3-4,8-9H2,1-2H3,(H,21,23). The van der Waals surface area contributed by atoms with E-state index in [1.54, 1.807) is 0 Å². The number of carbonyl (C=O) groups excluding carboxylic acids is 1. The molecule has 0 unspecified atom stereocenters. The van der Waals surface area contributed by atoms with Crippen molar-refractivity contribution < 1.29 is 4.79 Å². The summed E-state index contributed by atoms with van der Waals surface area (Å²) >= 11 is 2.20. The molecule has 1 aromatic heterocycles. The predicted molar refractivity (Wildman–Crippen MR) is 100 cm³/mol. The van der Waals surface area contributed by atoms with Crippen molar-refractivity contribution in [2.75, 3.05) is 23.3 Å². The molecule has 0 saturated carbocycles. The summed E-state index contributed by atoms with van der Waals surface area (Å²) in [5, 5.41) is 2.95. The van der Waals surface area contributed by atoms with Crippen LogP contribution in [0, 0.1) is 17.4 Å². The molecule has 1 aliphatic rings. The average Bonchev–Trinajstić information content (AvgIpc) is 3.05. The van der Waals surface area contributed by atoms with E-state index >= 15 is 0 Å². The fraction of sp³-hybridized carbons (Fsp3) is 0.353. The summed E-state index contributed by atoms with van der Waals surface area (Å²) in [5.41, 5.74) is 2.95. The zero-order valence-electron chi connectivity index (χ0n) is 13.3. The van der Waals surface area contributed by atoms with E-state index in [4.69, 9.17) is 0 Å². The van der Waals surface area contributed by atoms with Gasteiger partial charge in [0, 0.05) is 22.2 Å². The highest BCUT2D eigenvalue weighted by atomic mass is 127. The van der Waals surface area contributed by atoms with Crippen LogP contribution in [0.2, 0.25) is 0 Å². The van der Waals surface area contributed by atoms with E-state index in [1.165, 1.54) is 12.8 Å². The van der Waals surface area contributed by atoms with E-state index in [9.17, 15) is 4.79 Å². The van der Waals surface area contributed by atoms with Crippen molar-refractivity contribution in [2.24, 2.45) is 0 Å². The predicted octanol–water partition coefficient (Wildman–Crippen LogP) is 3.55. The lowest BCUT2D eigenvalue weighted by Gasteiger charge is -2.18. The van der Waals surface area contributed by atoms with Gasteiger partial charge >= 0.3 is 0 Å². The van der Waals surface area contributed by atoms with Crippen LogP contribution in [0.25, 0.3) is 0 Å². The third-order valence-electron chi connectivity index (χ3n) is 3.97. The molecule has 1 aliphatic heterocycles. The van der Waals surface area contributed by atoms with E-state index in [2.05, 4.69) is 42.8 Å². The molecule has 0 bridgehead atoms. The zero-order chi connectivity index (χ0) is 16.4. The molecular weight excluding hydrogens is 403 g/mol. The number of amides is 1. The highest BCUT2D eigenvalue weighted by Gasteiger charge is 2.18. The van der Waals surface area contributed by atoms with Crippen LogP contribution < -0.4 is 10.2 Å². The van der Waals surface area contributed by atoms with E-state index in [1.807, 2.05) is 38.1 Å². The average molecular weight is 422 g/mol. The summed E-state index contributed by atoms with van der Waals surface area (Å²) in [7, 11) is 0. The van der Waals surface area contributed by atoms with Crippen molar-refractivity contribution in [3.8, 4) is 0 Å². The number of nitrogens with one attached hydrogen (secondary N) is 1. The minimum absolute atomic E-state index is 0.132. The zero-order valence-corrected chi connectivity index (χ0v) is 15.4. The summed E-state index contributed by atoms with van der Waals surface area (Å²) in [6.45, 7) is 5.84. The van der Waals surface area contributed by atoms with Gasteiger partial charge in [-0.15, -0.1) is 0 Å². The van der Waals surface area contributed by atoms with Crippen molar-refractivity contribution in [2.45, 2.75) is 26.7 Å². The number of hydrogen-bond acceptors (Lipinski definition) is 4. The van der Waals surface area contributed by atoms with Crippen LogP contribution in [-0.4, -0.2) is 29.0 Å². The third kappa shape index (κ3) is 3.63. The van der Waals surface area contributed by atoms with Gasteiger partial charge in [-0.25, -0.2) is 9.97 Å². The maximum Gasteiger partial charge on any atom is 0.255 e. The van der Waals surface area contributed by atoms with Crippen molar-refractivity contribution in [1.29, 1.82) is 0 Å². The van der Waals surface area contributed by atoms with Crippen molar-refractivity contribution in [3.63, 3.8) is 0 Å². The van der Waals surface area contributed by atoms with Gasteiger partial charge in [-0.3, -0.25) is 4.79 Å². The highest BCUT2D eigenvalue weighted by molar-refractivity contribution is 14.1. The van der Waals surface area contributed by atoms with E-state index in [0.29, 0.717) is 11.3 Å².